The average Bonchev–Trinajstić information content (AvgIpc) is 3.88. The first-order chi connectivity index (χ1) is 21.6. The van der Waals surface area contributed by atoms with Gasteiger partial charge in [0.05, 0.1) is 0 Å². The Morgan fingerprint density at radius 1 is 0.500 bits per heavy atom. The van der Waals surface area contributed by atoms with Crippen LogP contribution in [0.5, 0.6) is 0 Å². The molecule has 0 spiro atoms. The van der Waals surface area contributed by atoms with Crippen molar-refractivity contribution in [3.8, 4) is 22.3 Å². The molecule has 1 saturated heterocycles. The molecule has 4 aliphatic carbocycles. The molecule has 0 radical (unpaired) electrons. The Hall–Kier alpha value is -2.55. The van der Waals surface area contributed by atoms with Crippen molar-refractivity contribution in [1.82, 2.24) is 0 Å². The number of rotatable bonds is 4. The molecule has 1 heterocycles. The van der Waals surface area contributed by atoms with Gasteiger partial charge >= 0.3 is 271 Å². The van der Waals surface area contributed by atoms with E-state index in [4.69, 9.17) is 0 Å². The van der Waals surface area contributed by atoms with E-state index in [-0.39, 0.29) is 0 Å². The van der Waals surface area contributed by atoms with Crippen LogP contribution in [0.2, 0.25) is 20.4 Å². The summed E-state index contributed by atoms with van der Waals surface area (Å²) in [5.41, 5.74) is 14.2. The van der Waals surface area contributed by atoms with Crippen molar-refractivity contribution in [1.29, 1.82) is 0 Å². The molecule has 2 unspecified atom stereocenters. The van der Waals surface area contributed by atoms with E-state index in [9.17, 15) is 0 Å². The van der Waals surface area contributed by atoms with Crippen molar-refractivity contribution in [2.75, 3.05) is 0 Å². The molecule has 5 aliphatic rings. The van der Waals surface area contributed by atoms with Crippen LogP contribution in [0.1, 0.15) is 81.0 Å². The summed E-state index contributed by atoms with van der Waals surface area (Å²) in [6, 6.07) is 37.4. The summed E-state index contributed by atoms with van der Waals surface area (Å²) >= 11 is -3.09. The minimum atomic E-state index is -3.09. The fourth-order valence-electron chi connectivity index (χ4n) is 11.2. The monoisotopic (exact) mass is 756 g/mol. The molecule has 2 saturated carbocycles. The van der Waals surface area contributed by atoms with Gasteiger partial charge in [-0.15, -0.1) is 0 Å². The van der Waals surface area contributed by atoms with Gasteiger partial charge in [0.25, 0.3) is 0 Å². The predicted octanol–water partition coefficient (Wildman–Crippen LogP) is 12.3. The van der Waals surface area contributed by atoms with Crippen molar-refractivity contribution in [3.05, 3.63) is 130 Å². The molecular formula is C42H44HfSi. The molecule has 2 atom stereocenters. The van der Waals surface area contributed by atoms with Crippen LogP contribution in [0.3, 0.4) is 0 Å². The Morgan fingerprint density at radius 3 is 1.32 bits per heavy atom. The Labute approximate surface area is 269 Å². The Morgan fingerprint density at radius 2 is 0.909 bits per heavy atom. The van der Waals surface area contributed by atoms with Crippen molar-refractivity contribution >= 4 is 20.2 Å². The third kappa shape index (κ3) is 3.83. The van der Waals surface area contributed by atoms with Gasteiger partial charge in [-0.3, -0.25) is 0 Å². The van der Waals surface area contributed by atoms with Gasteiger partial charge in [-0.05, 0) is 0 Å². The predicted molar refractivity (Wildman–Crippen MR) is 187 cm³/mol. The third-order valence-electron chi connectivity index (χ3n) is 12.7. The summed E-state index contributed by atoms with van der Waals surface area (Å²) in [4.78, 5) is 0. The molecule has 0 N–H and O–H groups in total. The normalized spacial score (nSPS) is 24.8. The molecule has 0 bridgehead atoms. The van der Waals surface area contributed by atoms with Gasteiger partial charge in [0.1, 0.15) is 0 Å². The number of benzene rings is 4. The number of hydrogen-bond donors (Lipinski definition) is 0. The molecule has 220 valence electrons. The van der Waals surface area contributed by atoms with Crippen LogP contribution in [0.15, 0.2) is 107 Å². The van der Waals surface area contributed by atoms with Crippen molar-refractivity contribution < 1.29 is 20.0 Å². The second-order valence-electron chi connectivity index (χ2n) is 15.1. The molecule has 3 fully saturated rings. The van der Waals surface area contributed by atoms with E-state index in [0.717, 1.165) is 18.4 Å². The van der Waals surface area contributed by atoms with E-state index in [2.05, 4.69) is 119 Å². The maximum absolute atomic E-state index is 3.09. The molecule has 4 aromatic carbocycles. The summed E-state index contributed by atoms with van der Waals surface area (Å²) in [5.74, 6) is 0. The molecule has 0 nitrogen and oxygen atoms in total. The number of fused-ring (bicyclic) bond motifs is 6. The first kappa shape index (κ1) is 27.7. The second-order valence-corrected chi connectivity index (χ2v) is 36.8. The fraction of sp³-hybridized carbons (Fsp3) is 0.333. The van der Waals surface area contributed by atoms with Crippen LogP contribution < -0.4 is 0 Å². The SMILES string of the molecule is [CH3][Hf]1([CH3])[CH]2C(=Cc3c(-c4ccccc4)cccc32)[Si](C2CCCC2)(C2CCCC2)C2=Cc3c(-c4ccccc4)cccc3[CH]21. The minimum absolute atomic E-state index is 0.725. The van der Waals surface area contributed by atoms with Crippen LogP contribution in [-0.4, -0.2) is 8.07 Å². The van der Waals surface area contributed by atoms with Crippen molar-refractivity contribution in [2.45, 2.75) is 79.2 Å². The molecule has 44 heavy (non-hydrogen) atoms. The van der Waals surface area contributed by atoms with Gasteiger partial charge in [0, 0.05) is 0 Å². The van der Waals surface area contributed by atoms with E-state index in [0.29, 0.717) is 0 Å². The van der Waals surface area contributed by atoms with Gasteiger partial charge in [-0.2, -0.15) is 0 Å². The van der Waals surface area contributed by atoms with Gasteiger partial charge in [-0.1, -0.05) is 0 Å². The molecule has 9 rings (SSSR count). The third-order valence-corrected chi connectivity index (χ3v) is 36.5. The summed E-state index contributed by atoms with van der Waals surface area (Å²) < 4.78 is 7.17. The molecule has 1 aliphatic heterocycles. The van der Waals surface area contributed by atoms with E-state index < -0.39 is 28.0 Å². The summed E-state index contributed by atoms with van der Waals surface area (Å²) in [6.07, 6.45) is 17.4. The average molecular weight is 755 g/mol. The molecular weight excluding hydrogens is 711 g/mol. The van der Waals surface area contributed by atoms with E-state index in [1.165, 1.54) is 73.6 Å². The van der Waals surface area contributed by atoms with Crippen molar-refractivity contribution in [3.63, 3.8) is 0 Å². The Balaban J connectivity index is 1.35. The zero-order valence-corrected chi connectivity index (χ0v) is 31.0. The zero-order valence-electron chi connectivity index (χ0n) is 26.4. The Bertz CT molecular complexity index is 1670. The van der Waals surface area contributed by atoms with Gasteiger partial charge in [0.2, 0.25) is 0 Å². The number of allylic oxidation sites excluding steroid dienone is 2. The van der Waals surface area contributed by atoms with Crippen LogP contribution >= 0.6 is 0 Å². The van der Waals surface area contributed by atoms with E-state index in [1.807, 2.05) is 10.4 Å². The summed E-state index contributed by atoms with van der Waals surface area (Å²) in [6.45, 7) is 0. The first-order valence-electron chi connectivity index (χ1n) is 17.4. The molecule has 4 aromatic rings. The van der Waals surface area contributed by atoms with Crippen LogP contribution in [0.4, 0.5) is 0 Å². The standard InChI is InChI=1S/C40H38Si.2CH3.Hf/c1-3-13-29(14-4-1)37-23-11-17-31-25-35(27-39(31)37)41(33-19-7-8-20-33,34-21-9-10-22-34)36-26-32-18-12-24-38(40(32)28-36)30-15-5-2-6-16-30;;;/h1-6,11-18,23-28,33-34H,7-10,19-22H2;2*1H3;. The summed E-state index contributed by atoms with van der Waals surface area (Å²) in [5, 5.41) is 4.05. The molecule has 2 heteroatoms. The Kier molecular flexibility index (Phi) is 6.61. The maximum atomic E-state index is 2.88. The second kappa shape index (κ2) is 10.5. The fourth-order valence-corrected chi connectivity index (χ4v) is 45.2. The van der Waals surface area contributed by atoms with Crippen LogP contribution in [0, 0.1) is 0 Å². The van der Waals surface area contributed by atoms with Gasteiger partial charge in [-0.25, -0.2) is 0 Å². The molecule has 0 amide bonds. The topological polar surface area (TPSA) is 0 Å². The van der Waals surface area contributed by atoms with Crippen LogP contribution in [0.25, 0.3) is 34.4 Å². The van der Waals surface area contributed by atoms with E-state index >= 15 is 0 Å². The first-order valence-corrected chi connectivity index (χ1v) is 30.9. The number of hydrogen-bond acceptors (Lipinski definition) is 0. The van der Waals surface area contributed by atoms with Crippen LogP contribution in [-0.2, 0) is 20.0 Å². The quantitative estimate of drug-likeness (QED) is 0.182. The van der Waals surface area contributed by atoms with Gasteiger partial charge < -0.3 is 0 Å². The summed E-state index contributed by atoms with van der Waals surface area (Å²) in [7, 11) is -2.03. The van der Waals surface area contributed by atoms with E-state index in [1.54, 1.807) is 22.3 Å². The zero-order chi connectivity index (χ0) is 29.5. The molecule has 0 aromatic heterocycles. The van der Waals surface area contributed by atoms with Crippen molar-refractivity contribution in [2.24, 2.45) is 0 Å². The van der Waals surface area contributed by atoms with Gasteiger partial charge in [0.15, 0.2) is 0 Å².